The molecule has 0 radical (unpaired) electrons. The lowest BCUT2D eigenvalue weighted by atomic mass is 10.2. The number of aliphatic imine (C=N–C) groups is 1. The van der Waals surface area contributed by atoms with E-state index in [0.717, 1.165) is 28.1 Å². The summed E-state index contributed by atoms with van der Waals surface area (Å²) in [6.45, 7) is 2.40. The molecule has 0 fully saturated rings. The SMILES string of the molecule is Cc1c(Cl)cccc1N=Cc1ccccc1OCc1cccc(Cl)c1. The highest BCUT2D eigenvalue weighted by atomic mass is 35.5. The minimum atomic E-state index is 0.446. The molecule has 4 heteroatoms. The summed E-state index contributed by atoms with van der Waals surface area (Å²) in [7, 11) is 0. The number of hydrogen-bond donors (Lipinski definition) is 0. The fourth-order valence-corrected chi connectivity index (χ4v) is 2.76. The molecule has 0 aliphatic carbocycles. The summed E-state index contributed by atoms with van der Waals surface area (Å²) in [5.41, 5.74) is 3.73. The standard InChI is InChI=1S/C21H17Cl2NO/c1-15-19(23)9-5-10-20(15)24-13-17-7-2-3-11-21(17)25-14-16-6-4-8-18(22)12-16/h2-13H,14H2,1H3. The Bertz CT molecular complexity index is 906. The van der Waals surface area contributed by atoms with Crippen LogP contribution in [0.4, 0.5) is 5.69 Å². The van der Waals surface area contributed by atoms with E-state index in [9.17, 15) is 0 Å². The smallest absolute Gasteiger partial charge is 0.128 e. The van der Waals surface area contributed by atoms with Gasteiger partial charge < -0.3 is 4.74 Å². The number of para-hydroxylation sites is 1. The zero-order valence-electron chi connectivity index (χ0n) is 13.7. The molecule has 0 saturated carbocycles. The van der Waals surface area contributed by atoms with Crippen LogP contribution in [0, 0.1) is 6.92 Å². The van der Waals surface area contributed by atoms with E-state index in [1.165, 1.54) is 0 Å². The van der Waals surface area contributed by atoms with Gasteiger partial charge in [-0.05, 0) is 54.4 Å². The molecular weight excluding hydrogens is 353 g/mol. The third-order valence-corrected chi connectivity index (χ3v) is 4.43. The van der Waals surface area contributed by atoms with Gasteiger partial charge in [0.15, 0.2) is 0 Å². The van der Waals surface area contributed by atoms with Gasteiger partial charge in [-0.25, -0.2) is 0 Å². The lowest BCUT2D eigenvalue weighted by molar-refractivity contribution is 0.306. The number of ether oxygens (including phenoxy) is 1. The Morgan fingerprint density at radius 3 is 2.60 bits per heavy atom. The fraction of sp³-hybridized carbons (Fsp3) is 0.0952. The molecule has 0 aliphatic rings. The zero-order chi connectivity index (χ0) is 17.6. The van der Waals surface area contributed by atoms with Gasteiger partial charge in [-0.1, -0.05) is 53.5 Å². The third-order valence-electron chi connectivity index (χ3n) is 3.78. The van der Waals surface area contributed by atoms with Gasteiger partial charge in [0.2, 0.25) is 0 Å². The molecule has 0 unspecified atom stereocenters. The summed E-state index contributed by atoms with van der Waals surface area (Å²) in [4.78, 5) is 4.56. The fourth-order valence-electron chi connectivity index (χ4n) is 2.38. The van der Waals surface area contributed by atoms with Crippen molar-refractivity contribution in [2.45, 2.75) is 13.5 Å². The number of benzene rings is 3. The summed E-state index contributed by atoms with van der Waals surface area (Å²) in [6.07, 6.45) is 1.80. The van der Waals surface area contributed by atoms with E-state index in [1.54, 1.807) is 6.21 Å². The van der Waals surface area contributed by atoms with Crippen LogP contribution in [0.3, 0.4) is 0 Å². The lowest BCUT2D eigenvalue weighted by Gasteiger charge is -2.09. The van der Waals surface area contributed by atoms with E-state index in [-0.39, 0.29) is 0 Å². The predicted octanol–water partition coefficient (Wildman–Crippen LogP) is 6.63. The molecule has 25 heavy (non-hydrogen) atoms. The second-order valence-electron chi connectivity index (χ2n) is 5.60. The van der Waals surface area contributed by atoms with Crippen LogP contribution < -0.4 is 4.74 Å². The van der Waals surface area contributed by atoms with Gasteiger partial charge in [-0.2, -0.15) is 0 Å². The van der Waals surface area contributed by atoms with Crippen LogP contribution in [-0.4, -0.2) is 6.21 Å². The topological polar surface area (TPSA) is 21.6 Å². The largest absolute Gasteiger partial charge is 0.488 e. The van der Waals surface area contributed by atoms with Crippen molar-refractivity contribution >= 4 is 35.1 Å². The van der Waals surface area contributed by atoms with Crippen molar-refractivity contribution in [3.8, 4) is 5.75 Å². The highest BCUT2D eigenvalue weighted by Gasteiger charge is 2.04. The van der Waals surface area contributed by atoms with Gasteiger partial charge in [0.25, 0.3) is 0 Å². The van der Waals surface area contributed by atoms with Gasteiger partial charge in [0.1, 0.15) is 12.4 Å². The summed E-state index contributed by atoms with van der Waals surface area (Å²) in [6, 6.07) is 21.1. The lowest BCUT2D eigenvalue weighted by Crippen LogP contribution is -1.98. The first-order valence-electron chi connectivity index (χ1n) is 7.89. The maximum absolute atomic E-state index is 6.15. The van der Waals surface area contributed by atoms with Gasteiger partial charge in [0, 0.05) is 21.8 Å². The first kappa shape index (κ1) is 17.5. The van der Waals surface area contributed by atoms with Crippen molar-refractivity contribution in [2.24, 2.45) is 4.99 Å². The average Bonchev–Trinajstić information content (AvgIpc) is 2.62. The molecule has 3 aromatic rings. The second-order valence-corrected chi connectivity index (χ2v) is 6.44. The maximum atomic E-state index is 6.15. The quantitative estimate of drug-likeness (QED) is 0.462. The Labute approximate surface area is 157 Å². The maximum Gasteiger partial charge on any atom is 0.128 e. The Morgan fingerprint density at radius 2 is 1.76 bits per heavy atom. The van der Waals surface area contributed by atoms with E-state index in [4.69, 9.17) is 27.9 Å². The monoisotopic (exact) mass is 369 g/mol. The molecule has 3 rings (SSSR count). The van der Waals surface area contributed by atoms with Gasteiger partial charge in [-0.15, -0.1) is 0 Å². The summed E-state index contributed by atoms with van der Waals surface area (Å²) < 4.78 is 5.94. The highest BCUT2D eigenvalue weighted by Crippen LogP contribution is 2.26. The van der Waals surface area contributed by atoms with Crippen molar-refractivity contribution < 1.29 is 4.74 Å². The zero-order valence-corrected chi connectivity index (χ0v) is 15.3. The predicted molar refractivity (Wildman–Crippen MR) is 106 cm³/mol. The van der Waals surface area contributed by atoms with E-state index in [1.807, 2.05) is 73.7 Å². The van der Waals surface area contributed by atoms with E-state index in [0.29, 0.717) is 16.7 Å². The first-order chi connectivity index (χ1) is 12.1. The third kappa shape index (κ3) is 4.62. The van der Waals surface area contributed by atoms with Crippen LogP contribution >= 0.6 is 23.2 Å². The summed E-state index contributed by atoms with van der Waals surface area (Å²) in [5, 5.41) is 1.41. The van der Waals surface area contributed by atoms with Crippen molar-refractivity contribution in [1.29, 1.82) is 0 Å². The molecule has 0 bridgehead atoms. The number of nitrogens with zero attached hydrogens (tertiary/aromatic N) is 1. The molecule has 0 aliphatic heterocycles. The van der Waals surface area contributed by atoms with Crippen molar-refractivity contribution in [3.63, 3.8) is 0 Å². The number of rotatable bonds is 5. The summed E-state index contributed by atoms with van der Waals surface area (Å²) in [5.74, 6) is 0.769. The van der Waals surface area contributed by atoms with Gasteiger partial charge in [-0.3, -0.25) is 4.99 Å². The molecule has 0 amide bonds. The molecule has 0 spiro atoms. The Balaban J connectivity index is 1.79. The Kier molecular flexibility index (Phi) is 5.75. The van der Waals surface area contributed by atoms with Crippen LogP contribution in [0.5, 0.6) is 5.75 Å². The second kappa shape index (κ2) is 8.19. The van der Waals surface area contributed by atoms with Crippen molar-refractivity contribution in [1.82, 2.24) is 0 Å². The molecular formula is C21H17Cl2NO. The van der Waals surface area contributed by atoms with Crippen LogP contribution in [0.2, 0.25) is 10.0 Å². The van der Waals surface area contributed by atoms with Gasteiger partial charge >= 0.3 is 0 Å². The van der Waals surface area contributed by atoms with E-state index < -0.39 is 0 Å². The highest BCUT2D eigenvalue weighted by molar-refractivity contribution is 6.31. The van der Waals surface area contributed by atoms with Crippen molar-refractivity contribution in [2.75, 3.05) is 0 Å². The van der Waals surface area contributed by atoms with Crippen LogP contribution in [0.25, 0.3) is 0 Å². The molecule has 0 heterocycles. The first-order valence-corrected chi connectivity index (χ1v) is 8.64. The van der Waals surface area contributed by atoms with E-state index >= 15 is 0 Å². The molecule has 0 aromatic heterocycles. The van der Waals surface area contributed by atoms with Crippen LogP contribution in [0.15, 0.2) is 71.7 Å². The number of halogens is 2. The molecule has 3 aromatic carbocycles. The average molecular weight is 370 g/mol. The minimum absolute atomic E-state index is 0.446. The Morgan fingerprint density at radius 1 is 0.960 bits per heavy atom. The van der Waals surface area contributed by atoms with E-state index in [2.05, 4.69) is 4.99 Å². The molecule has 0 N–H and O–H groups in total. The van der Waals surface area contributed by atoms with Crippen LogP contribution in [-0.2, 0) is 6.61 Å². The minimum Gasteiger partial charge on any atom is -0.488 e. The van der Waals surface area contributed by atoms with Gasteiger partial charge in [0.05, 0.1) is 5.69 Å². The molecule has 0 atom stereocenters. The normalized spacial score (nSPS) is 11.0. The molecule has 0 saturated heterocycles. The van der Waals surface area contributed by atoms with Crippen LogP contribution in [0.1, 0.15) is 16.7 Å². The van der Waals surface area contributed by atoms with Crippen molar-refractivity contribution in [3.05, 3.63) is 93.5 Å². The Hall–Kier alpha value is -2.29. The number of hydrogen-bond acceptors (Lipinski definition) is 2. The summed E-state index contributed by atoms with van der Waals surface area (Å²) >= 11 is 12.2. The molecule has 2 nitrogen and oxygen atoms in total. The molecule has 126 valence electrons.